The van der Waals surface area contributed by atoms with Gasteiger partial charge >= 0.3 is 5.97 Å². The predicted octanol–water partition coefficient (Wildman–Crippen LogP) is 3.37. The molecular formula is C21H16N4O4S. The van der Waals surface area contributed by atoms with Crippen LogP contribution in [-0.4, -0.2) is 45.6 Å². The standard InChI is InChI=1S/C21H16N4O4S/c1-27-18-11-5-3-9-16(18)25-21(22-23-24-25)30-13-7-6-12-28-20(26)19-14-15-8-2-4-10-17(15)29-19/h2-5,8-11,14H,12-13H2,1H3. The number of para-hydroxylation sites is 3. The zero-order chi connectivity index (χ0) is 20.8. The molecule has 2 heterocycles. The molecule has 0 radical (unpaired) electrons. The van der Waals surface area contributed by atoms with Gasteiger partial charge in [0.05, 0.1) is 12.9 Å². The molecule has 0 unspecified atom stereocenters. The summed E-state index contributed by atoms with van der Waals surface area (Å²) in [5.74, 6) is 6.43. The summed E-state index contributed by atoms with van der Waals surface area (Å²) in [6.45, 7) is -0.0338. The quantitative estimate of drug-likeness (QED) is 0.266. The third-order valence-corrected chi connectivity index (χ3v) is 4.86. The molecule has 0 aliphatic rings. The highest BCUT2D eigenvalue weighted by atomic mass is 32.2. The van der Waals surface area contributed by atoms with Crippen molar-refractivity contribution in [1.29, 1.82) is 0 Å². The smallest absolute Gasteiger partial charge is 0.375 e. The van der Waals surface area contributed by atoms with Gasteiger partial charge in [0.25, 0.3) is 0 Å². The maximum Gasteiger partial charge on any atom is 0.375 e. The van der Waals surface area contributed by atoms with Crippen molar-refractivity contribution < 1.29 is 18.7 Å². The Hall–Kier alpha value is -3.77. The number of nitrogens with zero attached hydrogens (tertiary/aromatic N) is 4. The van der Waals surface area contributed by atoms with E-state index in [1.54, 1.807) is 23.9 Å². The topological polar surface area (TPSA) is 92.3 Å². The first-order valence-corrected chi connectivity index (χ1v) is 9.91. The number of fused-ring (bicyclic) bond motifs is 1. The zero-order valence-electron chi connectivity index (χ0n) is 15.9. The molecule has 0 bridgehead atoms. The highest BCUT2D eigenvalue weighted by Crippen LogP contribution is 2.25. The van der Waals surface area contributed by atoms with Gasteiger partial charge in [0.2, 0.25) is 10.9 Å². The molecule has 0 N–H and O–H groups in total. The maximum absolute atomic E-state index is 12.1. The van der Waals surface area contributed by atoms with Gasteiger partial charge in [-0.05, 0) is 34.7 Å². The van der Waals surface area contributed by atoms with E-state index in [4.69, 9.17) is 13.9 Å². The Morgan fingerprint density at radius 2 is 2.00 bits per heavy atom. The van der Waals surface area contributed by atoms with E-state index in [-0.39, 0.29) is 12.4 Å². The van der Waals surface area contributed by atoms with Crippen LogP contribution >= 0.6 is 11.8 Å². The first kappa shape index (κ1) is 19.5. The monoisotopic (exact) mass is 420 g/mol. The maximum atomic E-state index is 12.1. The van der Waals surface area contributed by atoms with E-state index in [0.717, 1.165) is 11.1 Å². The number of hydrogen-bond acceptors (Lipinski definition) is 8. The van der Waals surface area contributed by atoms with Gasteiger partial charge in [-0.25, -0.2) is 4.79 Å². The Kier molecular flexibility index (Phi) is 5.96. The van der Waals surface area contributed by atoms with Crippen LogP contribution in [-0.2, 0) is 4.74 Å². The van der Waals surface area contributed by atoms with E-state index < -0.39 is 5.97 Å². The third kappa shape index (κ3) is 4.29. The lowest BCUT2D eigenvalue weighted by Gasteiger charge is -2.08. The van der Waals surface area contributed by atoms with Gasteiger partial charge in [0, 0.05) is 5.39 Å². The number of furan rings is 1. The van der Waals surface area contributed by atoms with Gasteiger partial charge < -0.3 is 13.9 Å². The molecule has 0 amide bonds. The molecule has 9 heteroatoms. The summed E-state index contributed by atoms with van der Waals surface area (Å²) in [6.07, 6.45) is 0. The molecule has 4 aromatic rings. The highest BCUT2D eigenvalue weighted by molar-refractivity contribution is 7.99. The molecule has 0 atom stereocenters. The lowest BCUT2D eigenvalue weighted by Crippen LogP contribution is -2.04. The van der Waals surface area contributed by atoms with Gasteiger partial charge in [0.1, 0.15) is 17.0 Å². The molecule has 0 aliphatic heterocycles. The second kappa shape index (κ2) is 9.15. The van der Waals surface area contributed by atoms with Crippen LogP contribution in [0.4, 0.5) is 0 Å². The van der Waals surface area contributed by atoms with Crippen molar-refractivity contribution in [3.05, 3.63) is 60.4 Å². The van der Waals surface area contributed by atoms with E-state index in [1.165, 1.54) is 11.8 Å². The van der Waals surface area contributed by atoms with E-state index in [9.17, 15) is 4.79 Å². The molecule has 0 saturated carbocycles. The number of carbonyl (C=O) groups is 1. The number of hydrogen-bond donors (Lipinski definition) is 0. The van der Waals surface area contributed by atoms with Crippen LogP contribution in [0.2, 0.25) is 0 Å². The second-order valence-corrected chi connectivity index (χ2v) is 6.85. The van der Waals surface area contributed by atoms with Gasteiger partial charge in [-0.15, -0.1) is 5.10 Å². The van der Waals surface area contributed by atoms with Crippen molar-refractivity contribution in [3.63, 3.8) is 0 Å². The van der Waals surface area contributed by atoms with Crippen LogP contribution < -0.4 is 4.74 Å². The SMILES string of the molecule is COc1ccccc1-n1nnnc1SCC#CCOC(=O)c1cc2ccccc2o1. The molecule has 2 aromatic carbocycles. The summed E-state index contributed by atoms with van der Waals surface area (Å²) in [7, 11) is 1.59. The Bertz CT molecular complexity index is 1210. The summed E-state index contributed by atoms with van der Waals surface area (Å²) < 4.78 is 17.5. The first-order chi connectivity index (χ1) is 14.8. The van der Waals surface area contributed by atoms with Crippen LogP contribution in [0.3, 0.4) is 0 Å². The van der Waals surface area contributed by atoms with Crippen LogP contribution in [0.1, 0.15) is 10.6 Å². The molecule has 30 heavy (non-hydrogen) atoms. The second-order valence-electron chi connectivity index (χ2n) is 5.91. The predicted molar refractivity (Wildman–Crippen MR) is 111 cm³/mol. The summed E-state index contributed by atoms with van der Waals surface area (Å²) in [5, 5.41) is 13.2. The van der Waals surface area contributed by atoms with Crippen molar-refractivity contribution in [2.75, 3.05) is 19.5 Å². The van der Waals surface area contributed by atoms with Crippen LogP contribution in [0, 0.1) is 11.8 Å². The number of carbonyl (C=O) groups excluding carboxylic acids is 1. The fourth-order valence-electron chi connectivity index (χ4n) is 2.68. The Morgan fingerprint density at radius 3 is 2.87 bits per heavy atom. The zero-order valence-corrected chi connectivity index (χ0v) is 16.8. The molecule has 0 aliphatic carbocycles. The number of esters is 1. The number of thioether (sulfide) groups is 1. The molecule has 8 nitrogen and oxygen atoms in total. The average Bonchev–Trinajstić information content (AvgIpc) is 3.42. The summed E-state index contributed by atoms with van der Waals surface area (Å²) in [4.78, 5) is 12.1. The number of rotatable bonds is 6. The number of benzene rings is 2. The van der Waals surface area contributed by atoms with Gasteiger partial charge in [-0.1, -0.05) is 53.9 Å². The van der Waals surface area contributed by atoms with Crippen molar-refractivity contribution in [3.8, 4) is 23.3 Å². The molecule has 0 spiro atoms. The fourth-order valence-corrected chi connectivity index (χ4v) is 3.34. The largest absolute Gasteiger partial charge is 0.494 e. The summed E-state index contributed by atoms with van der Waals surface area (Å²) >= 11 is 1.36. The molecule has 0 fully saturated rings. The summed E-state index contributed by atoms with van der Waals surface area (Å²) in [6, 6.07) is 16.5. The average molecular weight is 420 g/mol. The minimum Gasteiger partial charge on any atom is -0.494 e. The Labute approximate surface area is 176 Å². The minimum atomic E-state index is -0.548. The Balaban J connectivity index is 1.31. The van der Waals surface area contributed by atoms with Crippen LogP contribution in [0.5, 0.6) is 5.75 Å². The Morgan fingerprint density at radius 1 is 1.17 bits per heavy atom. The van der Waals surface area contributed by atoms with E-state index >= 15 is 0 Å². The van der Waals surface area contributed by atoms with Gasteiger partial charge in [-0.2, -0.15) is 4.68 Å². The van der Waals surface area contributed by atoms with Crippen molar-refractivity contribution in [1.82, 2.24) is 20.2 Å². The third-order valence-electron chi connectivity index (χ3n) is 4.05. The molecule has 2 aromatic heterocycles. The van der Waals surface area contributed by atoms with Crippen LogP contribution in [0.15, 0.2) is 64.2 Å². The van der Waals surface area contributed by atoms with Crippen molar-refractivity contribution in [2.45, 2.75) is 5.16 Å². The molecule has 4 rings (SSSR count). The number of ether oxygens (including phenoxy) is 2. The van der Waals surface area contributed by atoms with Crippen LogP contribution in [0.25, 0.3) is 16.7 Å². The number of tetrazole rings is 1. The van der Waals surface area contributed by atoms with E-state index in [1.807, 2.05) is 42.5 Å². The van der Waals surface area contributed by atoms with E-state index in [2.05, 4.69) is 27.4 Å². The van der Waals surface area contributed by atoms with Crippen molar-refractivity contribution >= 4 is 28.7 Å². The van der Waals surface area contributed by atoms with E-state index in [0.29, 0.717) is 22.2 Å². The lowest BCUT2D eigenvalue weighted by molar-refractivity contribution is 0.0523. The first-order valence-electron chi connectivity index (χ1n) is 8.92. The molecule has 150 valence electrons. The van der Waals surface area contributed by atoms with Gasteiger partial charge in [0.15, 0.2) is 6.61 Å². The summed E-state index contributed by atoms with van der Waals surface area (Å²) in [5.41, 5.74) is 1.37. The molecule has 0 saturated heterocycles. The van der Waals surface area contributed by atoms with Crippen molar-refractivity contribution in [2.24, 2.45) is 0 Å². The fraction of sp³-hybridized carbons (Fsp3) is 0.143. The number of methoxy groups -OCH3 is 1. The lowest BCUT2D eigenvalue weighted by atomic mass is 10.2. The molecular weight excluding hydrogens is 404 g/mol. The minimum absolute atomic E-state index is 0.0338. The number of aromatic nitrogens is 4. The van der Waals surface area contributed by atoms with Gasteiger partial charge in [-0.3, -0.25) is 0 Å². The normalized spacial score (nSPS) is 10.4. The highest BCUT2D eigenvalue weighted by Gasteiger charge is 2.13.